The first-order valence-electron chi connectivity index (χ1n) is 2.99. The van der Waals surface area contributed by atoms with Crippen LogP contribution >= 0.6 is 11.8 Å². The third-order valence-electron chi connectivity index (χ3n) is 1.61. The van der Waals surface area contributed by atoms with Gasteiger partial charge in [-0.2, -0.15) is 0 Å². The molecule has 0 rings (SSSR count). The van der Waals surface area contributed by atoms with Crippen molar-refractivity contribution in [2.24, 2.45) is 0 Å². The Morgan fingerprint density at radius 1 is 1.58 bits per heavy atom. The van der Waals surface area contributed by atoms with Gasteiger partial charge in [0.25, 0.3) is 5.91 Å². The molecule has 0 saturated carbocycles. The second-order valence-electron chi connectivity index (χ2n) is 2.36. The van der Waals surface area contributed by atoms with E-state index in [0.717, 1.165) is 18.0 Å². The molecule has 12 heavy (non-hydrogen) atoms. The SMILES string of the molecule is CSC(C)(C(=O)NO)S(C)(=O)=O. The molecular weight excluding hydrogens is 202 g/mol. The summed E-state index contributed by atoms with van der Waals surface area (Å²) in [5, 5.41) is 8.29. The van der Waals surface area contributed by atoms with Gasteiger partial charge >= 0.3 is 0 Å². The Balaban J connectivity index is 5.09. The van der Waals surface area contributed by atoms with Crippen LogP contribution in [0.25, 0.3) is 0 Å². The molecule has 72 valence electrons. The van der Waals surface area contributed by atoms with Crippen molar-refractivity contribution in [3.63, 3.8) is 0 Å². The lowest BCUT2D eigenvalue weighted by atomic mass is 10.4. The molecule has 0 fully saturated rings. The number of thioether (sulfide) groups is 1. The Bertz CT molecular complexity index is 273. The summed E-state index contributed by atoms with van der Waals surface area (Å²) in [5.41, 5.74) is 1.32. The number of carbonyl (C=O) groups excluding carboxylic acids is 1. The molecule has 1 unspecified atom stereocenters. The van der Waals surface area contributed by atoms with E-state index in [1.54, 1.807) is 0 Å². The standard InChI is InChI=1S/C5H11NO4S2/c1-5(11-2,4(7)6-8)12(3,9)10/h8H,1-3H3,(H,6,7). The maximum absolute atomic E-state index is 11.1. The summed E-state index contributed by atoms with van der Waals surface area (Å²) in [4.78, 5) is 11.0. The highest BCUT2D eigenvalue weighted by Gasteiger charge is 2.42. The fourth-order valence-electron chi connectivity index (χ4n) is 0.514. The molecule has 7 heteroatoms. The average molecular weight is 213 g/mol. The molecule has 1 amide bonds. The largest absolute Gasteiger partial charge is 0.289 e. The molecule has 5 nitrogen and oxygen atoms in total. The molecular formula is C5H11NO4S2. The van der Waals surface area contributed by atoms with Gasteiger partial charge in [-0.15, -0.1) is 11.8 Å². The second-order valence-corrected chi connectivity index (χ2v) is 6.21. The van der Waals surface area contributed by atoms with Crippen LogP contribution in [-0.4, -0.2) is 36.1 Å². The van der Waals surface area contributed by atoms with Crippen LogP contribution in [-0.2, 0) is 14.6 Å². The Kier molecular flexibility index (Phi) is 3.55. The highest BCUT2D eigenvalue weighted by molar-refractivity contribution is 8.15. The van der Waals surface area contributed by atoms with Crippen molar-refractivity contribution in [2.45, 2.75) is 11.0 Å². The monoisotopic (exact) mass is 213 g/mol. The molecule has 0 saturated heterocycles. The van der Waals surface area contributed by atoms with Gasteiger partial charge in [-0.1, -0.05) is 0 Å². The number of amides is 1. The molecule has 0 radical (unpaired) electrons. The first kappa shape index (κ1) is 11.7. The lowest BCUT2D eigenvalue weighted by molar-refractivity contribution is -0.129. The Morgan fingerprint density at radius 3 is 2.08 bits per heavy atom. The van der Waals surface area contributed by atoms with Crippen LogP contribution in [0.4, 0.5) is 0 Å². The van der Waals surface area contributed by atoms with E-state index in [0.29, 0.717) is 0 Å². The second kappa shape index (κ2) is 3.63. The van der Waals surface area contributed by atoms with Gasteiger partial charge in [-0.25, -0.2) is 13.9 Å². The summed E-state index contributed by atoms with van der Waals surface area (Å²) in [6, 6.07) is 0. The van der Waals surface area contributed by atoms with E-state index < -0.39 is 19.8 Å². The topological polar surface area (TPSA) is 83.5 Å². The highest BCUT2D eigenvalue weighted by Crippen LogP contribution is 2.28. The first-order chi connectivity index (χ1) is 5.29. The van der Waals surface area contributed by atoms with E-state index in [2.05, 4.69) is 0 Å². The molecule has 0 bridgehead atoms. The number of hydroxylamine groups is 1. The minimum atomic E-state index is -3.53. The molecule has 0 aliphatic rings. The summed E-state index contributed by atoms with van der Waals surface area (Å²) in [6.45, 7) is 1.23. The number of carbonyl (C=O) groups is 1. The molecule has 0 aromatic heterocycles. The third kappa shape index (κ3) is 1.90. The summed E-state index contributed by atoms with van der Waals surface area (Å²) in [5.74, 6) is -0.933. The molecule has 0 aromatic rings. The molecule has 0 aromatic carbocycles. The Hall–Kier alpha value is -0.270. The van der Waals surface area contributed by atoms with Crippen molar-refractivity contribution >= 4 is 27.5 Å². The van der Waals surface area contributed by atoms with E-state index in [1.165, 1.54) is 18.7 Å². The smallest absolute Gasteiger partial charge is 0.274 e. The summed E-state index contributed by atoms with van der Waals surface area (Å²) < 4.78 is 20.6. The maximum Gasteiger partial charge on any atom is 0.274 e. The van der Waals surface area contributed by atoms with Gasteiger partial charge in [0.15, 0.2) is 13.9 Å². The lowest BCUT2D eigenvalue weighted by Gasteiger charge is -2.21. The Morgan fingerprint density at radius 2 is 2.00 bits per heavy atom. The number of rotatable bonds is 3. The molecule has 1 atom stereocenters. The number of hydrogen-bond donors (Lipinski definition) is 2. The van der Waals surface area contributed by atoms with Crippen LogP contribution in [0, 0.1) is 0 Å². The summed E-state index contributed by atoms with van der Waals surface area (Å²) in [7, 11) is -3.53. The molecule has 0 aliphatic carbocycles. The van der Waals surface area contributed by atoms with Crippen LogP contribution in [0.2, 0.25) is 0 Å². The fraction of sp³-hybridized carbons (Fsp3) is 0.800. The minimum Gasteiger partial charge on any atom is -0.289 e. The normalized spacial score (nSPS) is 16.7. The Labute approximate surface area is 75.4 Å². The van der Waals surface area contributed by atoms with Gasteiger partial charge in [0.05, 0.1) is 0 Å². The van der Waals surface area contributed by atoms with E-state index in [9.17, 15) is 13.2 Å². The van der Waals surface area contributed by atoms with E-state index in [-0.39, 0.29) is 0 Å². The van der Waals surface area contributed by atoms with Gasteiger partial charge in [0.2, 0.25) is 0 Å². The van der Waals surface area contributed by atoms with Gasteiger partial charge < -0.3 is 0 Å². The summed E-state index contributed by atoms with van der Waals surface area (Å²) in [6.07, 6.45) is 2.43. The molecule has 2 N–H and O–H groups in total. The predicted octanol–water partition coefficient (Wildman–Crippen LogP) is -0.384. The van der Waals surface area contributed by atoms with Gasteiger partial charge in [-0.3, -0.25) is 10.0 Å². The van der Waals surface area contributed by atoms with Crippen LogP contribution in [0.5, 0.6) is 0 Å². The van der Waals surface area contributed by atoms with Gasteiger partial charge in [0, 0.05) is 6.26 Å². The number of hydrogen-bond acceptors (Lipinski definition) is 5. The first-order valence-corrected chi connectivity index (χ1v) is 6.10. The lowest BCUT2D eigenvalue weighted by Crippen LogP contribution is -2.46. The van der Waals surface area contributed by atoms with Crippen LogP contribution < -0.4 is 5.48 Å². The van der Waals surface area contributed by atoms with E-state index in [4.69, 9.17) is 5.21 Å². The van der Waals surface area contributed by atoms with Gasteiger partial charge in [-0.05, 0) is 13.2 Å². The third-order valence-corrected chi connectivity index (χ3v) is 5.58. The summed E-state index contributed by atoms with van der Waals surface area (Å²) >= 11 is 0.852. The van der Waals surface area contributed by atoms with Crippen molar-refractivity contribution in [1.82, 2.24) is 5.48 Å². The van der Waals surface area contributed by atoms with Crippen molar-refractivity contribution in [2.75, 3.05) is 12.5 Å². The molecule has 0 spiro atoms. The van der Waals surface area contributed by atoms with E-state index in [1.807, 2.05) is 0 Å². The van der Waals surface area contributed by atoms with Crippen molar-refractivity contribution in [1.29, 1.82) is 0 Å². The fourth-order valence-corrected chi connectivity index (χ4v) is 2.34. The predicted molar refractivity (Wildman–Crippen MR) is 46.7 cm³/mol. The van der Waals surface area contributed by atoms with Crippen LogP contribution in [0.3, 0.4) is 0 Å². The van der Waals surface area contributed by atoms with Crippen molar-refractivity contribution < 1.29 is 18.4 Å². The van der Waals surface area contributed by atoms with Crippen LogP contribution in [0.15, 0.2) is 0 Å². The zero-order valence-corrected chi connectivity index (χ0v) is 8.62. The minimum absolute atomic E-state index is 0.852. The highest BCUT2D eigenvalue weighted by atomic mass is 32.3. The zero-order chi connectivity index (χ0) is 9.99. The molecule has 0 aliphatic heterocycles. The maximum atomic E-state index is 11.1. The number of sulfone groups is 1. The number of nitrogens with one attached hydrogen (secondary N) is 1. The van der Waals surface area contributed by atoms with Crippen LogP contribution in [0.1, 0.15) is 6.92 Å². The average Bonchev–Trinajstić information content (AvgIpc) is 1.99. The van der Waals surface area contributed by atoms with Gasteiger partial charge in [0.1, 0.15) is 0 Å². The quantitative estimate of drug-likeness (QED) is 0.493. The van der Waals surface area contributed by atoms with Crippen molar-refractivity contribution in [3.05, 3.63) is 0 Å². The van der Waals surface area contributed by atoms with E-state index >= 15 is 0 Å². The van der Waals surface area contributed by atoms with Crippen molar-refractivity contribution in [3.8, 4) is 0 Å². The zero-order valence-electron chi connectivity index (χ0n) is 6.99. The molecule has 0 heterocycles.